The van der Waals surface area contributed by atoms with E-state index in [9.17, 15) is 13.2 Å². The van der Waals surface area contributed by atoms with Crippen molar-refractivity contribution in [2.75, 3.05) is 6.61 Å². The highest BCUT2D eigenvalue weighted by Crippen LogP contribution is 2.27. The number of rotatable bonds is 9. The van der Waals surface area contributed by atoms with Crippen LogP contribution in [0.15, 0.2) is 54.9 Å². The van der Waals surface area contributed by atoms with E-state index in [1.165, 1.54) is 0 Å². The molecule has 1 heterocycles. The largest absolute Gasteiger partial charge is 0.490 e. The van der Waals surface area contributed by atoms with Gasteiger partial charge in [0.25, 0.3) is 0 Å². The van der Waals surface area contributed by atoms with Crippen LogP contribution in [-0.4, -0.2) is 16.6 Å². The number of aryl methyl sites for hydroxylation is 2. The second-order valence-corrected chi connectivity index (χ2v) is 8.15. The third kappa shape index (κ3) is 5.35. The Morgan fingerprint density at radius 1 is 0.794 bits per heavy atom. The molecule has 0 amide bonds. The van der Waals surface area contributed by atoms with Crippen LogP contribution in [0, 0.1) is 23.3 Å². The van der Waals surface area contributed by atoms with Gasteiger partial charge in [-0.3, -0.25) is 0 Å². The Balaban J connectivity index is 1.48. The second-order valence-electron chi connectivity index (χ2n) is 8.15. The lowest BCUT2D eigenvalue weighted by Crippen LogP contribution is -2.00. The van der Waals surface area contributed by atoms with Crippen LogP contribution >= 0.6 is 0 Å². The normalized spacial score (nSPS) is 11.2. The SMILES string of the molecule is CCCCCOc1cnc(-c2ccc3c(F)c(CCc4cc(F)c(F)c(F)c4)ccc3c2)nc1. The van der Waals surface area contributed by atoms with Gasteiger partial charge in [0.2, 0.25) is 0 Å². The summed E-state index contributed by atoms with van der Waals surface area (Å²) in [6.45, 7) is 2.76. The first-order valence-electron chi connectivity index (χ1n) is 11.3. The Morgan fingerprint density at radius 2 is 1.53 bits per heavy atom. The van der Waals surface area contributed by atoms with Crippen molar-refractivity contribution in [3.05, 3.63) is 89.3 Å². The van der Waals surface area contributed by atoms with Crippen molar-refractivity contribution in [2.24, 2.45) is 0 Å². The van der Waals surface area contributed by atoms with Crippen LogP contribution < -0.4 is 4.74 Å². The molecule has 34 heavy (non-hydrogen) atoms. The lowest BCUT2D eigenvalue weighted by Gasteiger charge is -2.09. The van der Waals surface area contributed by atoms with Gasteiger partial charge in [-0.1, -0.05) is 44.0 Å². The highest BCUT2D eigenvalue weighted by atomic mass is 19.2. The minimum Gasteiger partial charge on any atom is -0.490 e. The van der Waals surface area contributed by atoms with Gasteiger partial charge >= 0.3 is 0 Å². The summed E-state index contributed by atoms with van der Waals surface area (Å²) in [5.74, 6) is -3.29. The van der Waals surface area contributed by atoms with E-state index in [4.69, 9.17) is 4.74 Å². The van der Waals surface area contributed by atoms with Crippen molar-refractivity contribution in [1.82, 2.24) is 9.97 Å². The highest BCUT2D eigenvalue weighted by Gasteiger charge is 2.13. The zero-order valence-electron chi connectivity index (χ0n) is 18.8. The lowest BCUT2D eigenvalue weighted by molar-refractivity contribution is 0.304. The minimum absolute atomic E-state index is 0.176. The number of hydrogen-bond donors (Lipinski definition) is 0. The standard InChI is InChI=1S/C27H24F4N2O/c1-2-3-4-11-34-21-15-32-27(33-16-21)20-9-10-22-19(14-20)8-7-18(25(22)30)6-5-17-12-23(28)26(31)24(29)13-17/h7-10,12-16H,2-6,11H2,1H3. The van der Waals surface area contributed by atoms with E-state index in [0.29, 0.717) is 34.5 Å². The van der Waals surface area contributed by atoms with Crippen molar-refractivity contribution in [1.29, 1.82) is 0 Å². The van der Waals surface area contributed by atoms with Crippen LogP contribution in [0.5, 0.6) is 5.75 Å². The fourth-order valence-electron chi connectivity index (χ4n) is 3.78. The highest BCUT2D eigenvalue weighted by molar-refractivity contribution is 5.87. The summed E-state index contributed by atoms with van der Waals surface area (Å²) < 4.78 is 60.7. The number of aromatic nitrogens is 2. The summed E-state index contributed by atoms with van der Waals surface area (Å²) in [6, 6.07) is 10.5. The summed E-state index contributed by atoms with van der Waals surface area (Å²) >= 11 is 0. The van der Waals surface area contributed by atoms with E-state index in [0.717, 1.165) is 37.0 Å². The molecule has 176 valence electrons. The molecule has 0 atom stereocenters. The van der Waals surface area contributed by atoms with Gasteiger partial charge in [0.05, 0.1) is 19.0 Å². The van der Waals surface area contributed by atoms with Gasteiger partial charge in [-0.05, 0) is 54.0 Å². The number of ether oxygens (including phenoxy) is 1. The molecular weight excluding hydrogens is 444 g/mol. The van der Waals surface area contributed by atoms with Gasteiger partial charge in [0.1, 0.15) is 5.82 Å². The average molecular weight is 468 g/mol. The molecule has 3 nitrogen and oxygen atoms in total. The fourth-order valence-corrected chi connectivity index (χ4v) is 3.78. The molecule has 0 aliphatic heterocycles. The molecule has 0 N–H and O–H groups in total. The minimum atomic E-state index is -1.51. The zero-order valence-corrected chi connectivity index (χ0v) is 18.8. The molecule has 7 heteroatoms. The number of fused-ring (bicyclic) bond motifs is 1. The predicted molar refractivity (Wildman–Crippen MR) is 124 cm³/mol. The van der Waals surface area contributed by atoms with E-state index in [1.54, 1.807) is 36.7 Å². The van der Waals surface area contributed by atoms with Gasteiger partial charge in [0.15, 0.2) is 29.0 Å². The van der Waals surface area contributed by atoms with Gasteiger partial charge < -0.3 is 4.74 Å². The third-order valence-electron chi connectivity index (χ3n) is 5.66. The maximum atomic E-state index is 15.1. The van der Waals surface area contributed by atoms with E-state index in [2.05, 4.69) is 16.9 Å². The van der Waals surface area contributed by atoms with E-state index < -0.39 is 23.3 Å². The molecular formula is C27H24F4N2O. The van der Waals surface area contributed by atoms with Crippen molar-refractivity contribution in [3.63, 3.8) is 0 Å². The van der Waals surface area contributed by atoms with Crippen molar-refractivity contribution >= 4 is 10.8 Å². The Morgan fingerprint density at radius 3 is 2.24 bits per heavy atom. The molecule has 0 bridgehead atoms. The first-order chi connectivity index (χ1) is 16.5. The Bertz CT molecular complexity index is 1270. The van der Waals surface area contributed by atoms with Crippen LogP contribution in [0.4, 0.5) is 17.6 Å². The van der Waals surface area contributed by atoms with Crippen molar-refractivity contribution < 1.29 is 22.3 Å². The summed E-state index contributed by atoms with van der Waals surface area (Å²) in [7, 11) is 0. The molecule has 4 rings (SSSR count). The molecule has 0 saturated carbocycles. The topological polar surface area (TPSA) is 35.0 Å². The molecule has 0 spiro atoms. The summed E-state index contributed by atoms with van der Waals surface area (Å²) in [5, 5.41) is 1.11. The maximum absolute atomic E-state index is 15.1. The van der Waals surface area contributed by atoms with Crippen LogP contribution in [0.3, 0.4) is 0 Å². The number of hydrogen-bond acceptors (Lipinski definition) is 3. The number of halogens is 4. The Hall–Kier alpha value is -3.48. The van der Waals surface area contributed by atoms with Gasteiger partial charge in [-0.2, -0.15) is 0 Å². The van der Waals surface area contributed by atoms with Crippen molar-refractivity contribution in [3.8, 4) is 17.1 Å². The van der Waals surface area contributed by atoms with E-state index >= 15 is 4.39 Å². The number of nitrogens with zero attached hydrogens (tertiary/aromatic N) is 2. The average Bonchev–Trinajstić information content (AvgIpc) is 2.85. The molecule has 1 aromatic heterocycles. The van der Waals surface area contributed by atoms with E-state index in [-0.39, 0.29) is 18.4 Å². The van der Waals surface area contributed by atoms with Crippen LogP contribution in [0.1, 0.15) is 37.3 Å². The number of benzene rings is 3. The maximum Gasteiger partial charge on any atom is 0.194 e. The summed E-state index contributed by atoms with van der Waals surface area (Å²) in [5.41, 5.74) is 1.42. The number of unbranched alkanes of at least 4 members (excludes halogenated alkanes) is 2. The summed E-state index contributed by atoms with van der Waals surface area (Å²) in [4.78, 5) is 8.72. The third-order valence-corrected chi connectivity index (χ3v) is 5.66. The smallest absolute Gasteiger partial charge is 0.194 e. The zero-order chi connectivity index (χ0) is 24.1. The quantitative estimate of drug-likeness (QED) is 0.148. The van der Waals surface area contributed by atoms with Crippen LogP contribution in [0.25, 0.3) is 22.2 Å². The van der Waals surface area contributed by atoms with E-state index in [1.807, 2.05) is 6.07 Å². The molecule has 3 aromatic carbocycles. The Labute approximate surface area is 195 Å². The molecule has 0 unspecified atom stereocenters. The summed E-state index contributed by atoms with van der Waals surface area (Å²) in [6.07, 6.45) is 6.86. The molecule has 0 radical (unpaired) electrons. The first-order valence-corrected chi connectivity index (χ1v) is 11.3. The monoisotopic (exact) mass is 468 g/mol. The second kappa shape index (κ2) is 10.6. The first kappa shape index (κ1) is 23.7. The molecule has 0 saturated heterocycles. The molecule has 0 fully saturated rings. The molecule has 4 aromatic rings. The van der Waals surface area contributed by atoms with Crippen LogP contribution in [0.2, 0.25) is 0 Å². The Kier molecular flexibility index (Phi) is 7.40. The van der Waals surface area contributed by atoms with Crippen molar-refractivity contribution in [2.45, 2.75) is 39.0 Å². The van der Waals surface area contributed by atoms with Gasteiger partial charge in [-0.15, -0.1) is 0 Å². The fraction of sp³-hybridized carbons (Fsp3) is 0.259. The van der Waals surface area contributed by atoms with Crippen LogP contribution in [-0.2, 0) is 12.8 Å². The van der Waals surface area contributed by atoms with Gasteiger partial charge in [0, 0.05) is 10.9 Å². The van der Waals surface area contributed by atoms with Gasteiger partial charge in [-0.25, -0.2) is 27.5 Å². The lowest BCUT2D eigenvalue weighted by atomic mass is 9.99. The molecule has 0 aliphatic rings. The molecule has 0 aliphatic carbocycles. The predicted octanol–water partition coefficient (Wildman–Crippen LogP) is 7.21.